The molecule has 5 rings (SSSR count). The van der Waals surface area contributed by atoms with Crippen molar-refractivity contribution in [2.24, 2.45) is 29.4 Å². The van der Waals surface area contributed by atoms with E-state index in [4.69, 9.17) is 5.73 Å². The largest absolute Gasteiger partial charge is 0.335 e. The Labute approximate surface area is 114 Å². The molecule has 0 saturated heterocycles. The summed E-state index contributed by atoms with van der Waals surface area (Å²) in [6, 6.07) is 1.11. The monoisotopic (exact) mass is 263 g/mol. The van der Waals surface area contributed by atoms with Crippen molar-refractivity contribution in [3.63, 3.8) is 0 Å². The molecule has 4 heteroatoms. The van der Waals surface area contributed by atoms with E-state index in [1.54, 1.807) is 0 Å². The zero-order valence-corrected chi connectivity index (χ0v) is 11.5. The smallest absolute Gasteiger partial charge is 0.315 e. The van der Waals surface area contributed by atoms with Crippen LogP contribution in [0.5, 0.6) is 0 Å². The second-order valence-electron chi connectivity index (χ2n) is 7.50. The quantitative estimate of drug-likeness (QED) is 0.708. The maximum Gasteiger partial charge on any atom is 0.315 e. The first kappa shape index (κ1) is 12.0. The zero-order valence-electron chi connectivity index (χ0n) is 11.5. The summed E-state index contributed by atoms with van der Waals surface area (Å²) in [7, 11) is 0. The lowest BCUT2D eigenvalue weighted by atomic mass is 9.54. The molecule has 5 saturated carbocycles. The second-order valence-corrected chi connectivity index (χ2v) is 7.50. The molecule has 4 bridgehead atoms. The SMILES string of the molecule is NC1CC(NC(=O)NC2C3CC4CC(C3)CC2C4)C1. The van der Waals surface area contributed by atoms with Gasteiger partial charge in [0.25, 0.3) is 0 Å². The second kappa shape index (κ2) is 4.37. The first-order valence-electron chi connectivity index (χ1n) is 8.00. The normalized spacial score (nSPS) is 50.7. The van der Waals surface area contributed by atoms with Crippen molar-refractivity contribution in [3.05, 3.63) is 0 Å². The van der Waals surface area contributed by atoms with Gasteiger partial charge in [-0.1, -0.05) is 0 Å². The average molecular weight is 263 g/mol. The molecule has 0 aromatic rings. The maximum absolute atomic E-state index is 12.1. The summed E-state index contributed by atoms with van der Waals surface area (Å²) in [5, 5.41) is 6.36. The zero-order chi connectivity index (χ0) is 13.0. The van der Waals surface area contributed by atoms with Gasteiger partial charge in [0.05, 0.1) is 0 Å². The van der Waals surface area contributed by atoms with E-state index in [9.17, 15) is 4.79 Å². The van der Waals surface area contributed by atoms with Gasteiger partial charge in [-0.15, -0.1) is 0 Å². The van der Waals surface area contributed by atoms with Crippen molar-refractivity contribution in [2.75, 3.05) is 0 Å². The highest BCUT2D eigenvalue weighted by atomic mass is 16.2. The molecule has 0 spiro atoms. The fourth-order valence-corrected chi connectivity index (χ4v) is 5.32. The Balaban J connectivity index is 1.34. The summed E-state index contributed by atoms with van der Waals surface area (Å²) >= 11 is 0. The summed E-state index contributed by atoms with van der Waals surface area (Å²) in [5.41, 5.74) is 5.75. The number of amides is 2. The van der Waals surface area contributed by atoms with Crippen LogP contribution in [0.25, 0.3) is 0 Å². The summed E-state index contributed by atoms with van der Waals surface area (Å²) in [5.74, 6) is 3.44. The number of rotatable bonds is 2. The first-order valence-corrected chi connectivity index (χ1v) is 8.00. The fourth-order valence-electron chi connectivity index (χ4n) is 5.32. The molecule has 0 radical (unpaired) electrons. The van der Waals surface area contributed by atoms with E-state index in [1.807, 2.05) is 0 Å². The number of carbonyl (C=O) groups excluding carboxylic acids is 1. The van der Waals surface area contributed by atoms with Crippen LogP contribution in [0.4, 0.5) is 4.79 Å². The third kappa shape index (κ3) is 2.14. The average Bonchev–Trinajstić information content (AvgIpc) is 2.31. The molecule has 5 fully saturated rings. The molecule has 4 nitrogen and oxygen atoms in total. The fraction of sp³-hybridized carbons (Fsp3) is 0.933. The minimum Gasteiger partial charge on any atom is -0.335 e. The van der Waals surface area contributed by atoms with Gasteiger partial charge in [-0.3, -0.25) is 0 Å². The van der Waals surface area contributed by atoms with Crippen LogP contribution in [-0.2, 0) is 0 Å². The van der Waals surface area contributed by atoms with Crippen LogP contribution in [0.2, 0.25) is 0 Å². The number of carbonyl (C=O) groups is 1. The topological polar surface area (TPSA) is 67.1 Å². The Morgan fingerprint density at radius 1 is 0.842 bits per heavy atom. The lowest BCUT2D eigenvalue weighted by Crippen LogP contribution is -2.60. The molecular formula is C15H25N3O. The van der Waals surface area contributed by atoms with Crippen LogP contribution in [0, 0.1) is 23.7 Å². The highest BCUT2D eigenvalue weighted by Gasteiger charge is 2.48. The minimum absolute atomic E-state index is 0.0503. The van der Waals surface area contributed by atoms with Gasteiger partial charge in [-0.2, -0.15) is 0 Å². The summed E-state index contributed by atoms with van der Waals surface area (Å²) in [6.45, 7) is 0. The van der Waals surface area contributed by atoms with E-state index in [1.165, 1.54) is 32.1 Å². The van der Waals surface area contributed by atoms with E-state index >= 15 is 0 Å². The van der Waals surface area contributed by atoms with Gasteiger partial charge in [0.2, 0.25) is 0 Å². The van der Waals surface area contributed by atoms with Crippen molar-refractivity contribution in [1.82, 2.24) is 10.6 Å². The van der Waals surface area contributed by atoms with Crippen LogP contribution in [0.1, 0.15) is 44.9 Å². The van der Waals surface area contributed by atoms with Crippen LogP contribution in [0.3, 0.4) is 0 Å². The van der Waals surface area contributed by atoms with Crippen molar-refractivity contribution in [1.29, 1.82) is 0 Å². The molecular weight excluding hydrogens is 238 g/mol. The van der Waals surface area contributed by atoms with Gasteiger partial charge >= 0.3 is 6.03 Å². The van der Waals surface area contributed by atoms with E-state index in [0.717, 1.165) is 36.5 Å². The predicted octanol–water partition coefficient (Wildman–Crippen LogP) is 1.60. The summed E-state index contributed by atoms with van der Waals surface area (Å²) < 4.78 is 0. The van der Waals surface area contributed by atoms with Crippen molar-refractivity contribution < 1.29 is 4.79 Å². The molecule has 4 N–H and O–H groups in total. The molecule has 2 amide bonds. The van der Waals surface area contributed by atoms with Crippen LogP contribution in [-0.4, -0.2) is 24.2 Å². The number of hydrogen-bond donors (Lipinski definition) is 3. The number of nitrogens with one attached hydrogen (secondary N) is 2. The van der Waals surface area contributed by atoms with Gasteiger partial charge in [0, 0.05) is 18.1 Å². The molecule has 5 aliphatic rings. The van der Waals surface area contributed by atoms with Gasteiger partial charge < -0.3 is 16.4 Å². The van der Waals surface area contributed by atoms with Gasteiger partial charge in [0.15, 0.2) is 0 Å². The van der Waals surface area contributed by atoms with Gasteiger partial charge in [-0.25, -0.2) is 4.79 Å². The Kier molecular flexibility index (Phi) is 2.76. The molecule has 0 aromatic heterocycles. The third-order valence-corrected chi connectivity index (χ3v) is 6.03. The van der Waals surface area contributed by atoms with Crippen LogP contribution < -0.4 is 16.4 Å². The molecule has 0 unspecified atom stereocenters. The number of urea groups is 1. The Hall–Kier alpha value is -0.770. The van der Waals surface area contributed by atoms with Crippen molar-refractivity contribution >= 4 is 6.03 Å². The van der Waals surface area contributed by atoms with Gasteiger partial charge in [-0.05, 0) is 68.6 Å². The Morgan fingerprint density at radius 2 is 1.42 bits per heavy atom. The van der Waals surface area contributed by atoms with Crippen LogP contribution >= 0.6 is 0 Å². The van der Waals surface area contributed by atoms with E-state index in [2.05, 4.69) is 10.6 Å². The Morgan fingerprint density at radius 3 is 1.95 bits per heavy atom. The maximum atomic E-state index is 12.1. The van der Waals surface area contributed by atoms with E-state index < -0.39 is 0 Å². The number of hydrogen-bond acceptors (Lipinski definition) is 2. The van der Waals surface area contributed by atoms with E-state index in [0.29, 0.717) is 18.1 Å². The summed E-state index contributed by atoms with van der Waals surface area (Å²) in [6.07, 6.45) is 8.76. The molecule has 0 atom stereocenters. The van der Waals surface area contributed by atoms with Crippen molar-refractivity contribution in [2.45, 2.75) is 63.1 Å². The molecule has 0 aliphatic heterocycles. The highest BCUT2D eigenvalue weighted by molar-refractivity contribution is 5.74. The van der Waals surface area contributed by atoms with Gasteiger partial charge in [0.1, 0.15) is 0 Å². The third-order valence-electron chi connectivity index (χ3n) is 6.03. The first-order chi connectivity index (χ1) is 9.17. The van der Waals surface area contributed by atoms with Crippen LogP contribution in [0.15, 0.2) is 0 Å². The molecule has 5 aliphatic carbocycles. The minimum atomic E-state index is 0.0503. The number of nitrogens with two attached hydrogens (primary N) is 1. The Bertz CT molecular complexity index is 350. The molecule has 106 valence electrons. The standard InChI is InChI=1S/C15H25N3O/c16-12-6-13(7-12)17-15(19)18-14-10-2-8-1-9(4-10)5-11(14)3-8/h8-14H,1-7,16H2,(H2,17,18,19). The molecule has 0 heterocycles. The molecule has 19 heavy (non-hydrogen) atoms. The predicted molar refractivity (Wildman–Crippen MR) is 73.5 cm³/mol. The summed E-state index contributed by atoms with van der Waals surface area (Å²) in [4.78, 5) is 12.1. The van der Waals surface area contributed by atoms with E-state index in [-0.39, 0.29) is 6.03 Å². The highest BCUT2D eigenvalue weighted by Crippen LogP contribution is 2.53. The van der Waals surface area contributed by atoms with Crippen molar-refractivity contribution in [3.8, 4) is 0 Å². The molecule has 0 aromatic carbocycles. The lowest BCUT2D eigenvalue weighted by Gasteiger charge is -2.54. The lowest BCUT2D eigenvalue weighted by molar-refractivity contribution is -0.00965.